The maximum atomic E-state index is 13.0. The largest absolute Gasteiger partial charge is 0.369 e. The summed E-state index contributed by atoms with van der Waals surface area (Å²) in [5.41, 5.74) is 1.49. The van der Waals surface area contributed by atoms with Crippen molar-refractivity contribution in [2.75, 3.05) is 31.1 Å². The van der Waals surface area contributed by atoms with E-state index in [1.54, 1.807) is 12.1 Å². The third kappa shape index (κ3) is 3.25. The second-order valence-electron chi connectivity index (χ2n) is 5.51. The van der Waals surface area contributed by atoms with E-state index in [0.717, 1.165) is 17.8 Å². The Morgan fingerprint density at radius 2 is 1.67 bits per heavy atom. The molecule has 124 valence electrons. The maximum absolute atomic E-state index is 13.0. The highest BCUT2D eigenvalue weighted by Crippen LogP contribution is 2.22. The van der Waals surface area contributed by atoms with Crippen LogP contribution < -0.4 is 4.90 Å². The summed E-state index contributed by atoms with van der Waals surface area (Å²) < 4.78 is 39.6. The third-order valence-electron chi connectivity index (χ3n) is 4.03. The minimum absolute atomic E-state index is 0.101. The van der Waals surface area contributed by atoms with Gasteiger partial charge in [-0.1, -0.05) is 6.07 Å². The van der Waals surface area contributed by atoms with Gasteiger partial charge in [-0.25, -0.2) is 12.8 Å². The number of halogens is 1. The van der Waals surface area contributed by atoms with Crippen LogP contribution in [0.3, 0.4) is 0 Å². The summed E-state index contributed by atoms with van der Waals surface area (Å²) in [6.45, 7) is 1.76. The minimum Gasteiger partial charge on any atom is -0.369 e. The molecule has 0 unspecified atom stereocenters. The minimum atomic E-state index is -3.61. The van der Waals surface area contributed by atoms with E-state index in [1.807, 2.05) is 12.1 Å². The van der Waals surface area contributed by atoms with E-state index >= 15 is 0 Å². The van der Waals surface area contributed by atoms with Gasteiger partial charge < -0.3 is 4.90 Å². The van der Waals surface area contributed by atoms with Crippen LogP contribution in [-0.2, 0) is 10.0 Å². The van der Waals surface area contributed by atoms with E-state index < -0.39 is 15.8 Å². The SMILES string of the molecule is N#Cc1cccc(N2CCN(S(=O)(=O)c3ccc(F)cc3)CC2)c1. The zero-order valence-corrected chi connectivity index (χ0v) is 13.7. The zero-order chi connectivity index (χ0) is 17.2. The van der Waals surface area contributed by atoms with Crippen molar-refractivity contribution in [3.8, 4) is 6.07 Å². The van der Waals surface area contributed by atoms with Crippen LogP contribution in [0.15, 0.2) is 53.4 Å². The Hall–Kier alpha value is -2.43. The first-order chi connectivity index (χ1) is 11.5. The van der Waals surface area contributed by atoms with E-state index in [0.29, 0.717) is 31.7 Å². The van der Waals surface area contributed by atoms with Crippen molar-refractivity contribution >= 4 is 15.7 Å². The fourth-order valence-corrected chi connectivity index (χ4v) is 4.14. The lowest BCUT2D eigenvalue weighted by Gasteiger charge is -2.35. The molecule has 1 heterocycles. The second kappa shape index (κ2) is 6.59. The molecule has 0 aromatic heterocycles. The molecule has 0 atom stereocenters. The van der Waals surface area contributed by atoms with Crippen LogP contribution in [-0.4, -0.2) is 38.9 Å². The number of nitriles is 1. The third-order valence-corrected chi connectivity index (χ3v) is 5.94. The van der Waals surface area contributed by atoms with Gasteiger partial charge in [-0.15, -0.1) is 0 Å². The molecule has 3 rings (SSSR count). The zero-order valence-electron chi connectivity index (χ0n) is 12.9. The van der Waals surface area contributed by atoms with Crippen molar-refractivity contribution in [1.82, 2.24) is 4.31 Å². The normalized spacial score (nSPS) is 15.9. The van der Waals surface area contributed by atoms with E-state index in [-0.39, 0.29) is 4.90 Å². The molecule has 24 heavy (non-hydrogen) atoms. The van der Waals surface area contributed by atoms with E-state index in [2.05, 4.69) is 11.0 Å². The molecule has 1 aliphatic heterocycles. The molecule has 0 aliphatic carbocycles. The number of hydrogen-bond acceptors (Lipinski definition) is 4. The molecule has 0 radical (unpaired) electrons. The number of rotatable bonds is 3. The molecule has 2 aromatic rings. The monoisotopic (exact) mass is 345 g/mol. The summed E-state index contributed by atoms with van der Waals surface area (Å²) in [5, 5.41) is 8.97. The molecule has 0 amide bonds. The average Bonchev–Trinajstić information content (AvgIpc) is 2.62. The van der Waals surface area contributed by atoms with Crippen LogP contribution in [0.5, 0.6) is 0 Å². The first kappa shape index (κ1) is 16.4. The van der Waals surface area contributed by atoms with Crippen molar-refractivity contribution in [1.29, 1.82) is 5.26 Å². The van der Waals surface area contributed by atoms with Gasteiger partial charge in [0.1, 0.15) is 5.82 Å². The molecular formula is C17H16FN3O2S. The second-order valence-corrected chi connectivity index (χ2v) is 7.45. The van der Waals surface area contributed by atoms with E-state index in [4.69, 9.17) is 5.26 Å². The van der Waals surface area contributed by atoms with Crippen LogP contribution in [0.2, 0.25) is 0 Å². The summed E-state index contributed by atoms with van der Waals surface area (Å²) in [4.78, 5) is 2.15. The molecule has 0 spiro atoms. The summed E-state index contributed by atoms with van der Waals surface area (Å²) in [6, 6.07) is 14.2. The lowest BCUT2D eigenvalue weighted by molar-refractivity contribution is 0.385. The van der Waals surface area contributed by atoms with Gasteiger partial charge in [-0.2, -0.15) is 9.57 Å². The van der Waals surface area contributed by atoms with Gasteiger partial charge in [0.2, 0.25) is 10.0 Å². The van der Waals surface area contributed by atoms with Crippen LogP contribution in [0.1, 0.15) is 5.56 Å². The predicted octanol–water partition coefficient (Wildman–Crippen LogP) is 2.21. The summed E-state index contributed by atoms with van der Waals surface area (Å²) in [5.74, 6) is -0.462. The Morgan fingerprint density at radius 1 is 1.00 bits per heavy atom. The van der Waals surface area contributed by atoms with Crippen LogP contribution >= 0.6 is 0 Å². The number of anilines is 1. The fraction of sp³-hybridized carbons (Fsp3) is 0.235. The molecule has 7 heteroatoms. The van der Waals surface area contributed by atoms with Crippen LogP contribution in [0.4, 0.5) is 10.1 Å². The Balaban J connectivity index is 1.72. The highest BCUT2D eigenvalue weighted by molar-refractivity contribution is 7.89. The van der Waals surface area contributed by atoms with Gasteiger partial charge in [0.25, 0.3) is 0 Å². The first-order valence-electron chi connectivity index (χ1n) is 7.51. The van der Waals surface area contributed by atoms with Gasteiger partial charge in [-0.3, -0.25) is 0 Å². The standard InChI is InChI=1S/C17H16FN3O2S/c18-15-4-6-17(7-5-15)24(22,23)21-10-8-20(9-11-21)16-3-1-2-14(12-16)13-19/h1-7,12H,8-11H2. The first-order valence-corrected chi connectivity index (χ1v) is 8.95. The summed E-state index contributed by atoms with van der Waals surface area (Å²) >= 11 is 0. The van der Waals surface area contributed by atoms with Crippen molar-refractivity contribution in [3.05, 3.63) is 59.9 Å². The van der Waals surface area contributed by atoms with Crippen molar-refractivity contribution in [2.24, 2.45) is 0 Å². The highest BCUT2D eigenvalue weighted by Gasteiger charge is 2.28. The van der Waals surface area contributed by atoms with Crippen molar-refractivity contribution in [3.63, 3.8) is 0 Å². The van der Waals surface area contributed by atoms with Gasteiger partial charge in [0, 0.05) is 31.9 Å². The summed E-state index contributed by atoms with van der Waals surface area (Å²) in [6.07, 6.45) is 0. The number of sulfonamides is 1. The fourth-order valence-electron chi connectivity index (χ4n) is 2.71. The van der Waals surface area contributed by atoms with Gasteiger partial charge in [-0.05, 0) is 42.5 Å². The van der Waals surface area contributed by atoms with Crippen molar-refractivity contribution < 1.29 is 12.8 Å². The molecule has 0 N–H and O–H groups in total. The smallest absolute Gasteiger partial charge is 0.243 e. The average molecular weight is 345 g/mol. The molecule has 1 aliphatic rings. The number of piperazine rings is 1. The van der Waals surface area contributed by atoms with Gasteiger partial charge >= 0.3 is 0 Å². The van der Waals surface area contributed by atoms with Crippen LogP contribution in [0, 0.1) is 17.1 Å². The highest BCUT2D eigenvalue weighted by atomic mass is 32.2. The van der Waals surface area contributed by atoms with Crippen LogP contribution in [0.25, 0.3) is 0 Å². The van der Waals surface area contributed by atoms with E-state index in [9.17, 15) is 12.8 Å². The topological polar surface area (TPSA) is 64.4 Å². The summed E-state index contributed by atoms with van der Waals surface area (Å²) in [7, 11) is -3.61. The molecule has 2 aromatic carbocycles. The maximum Gasteiger partial charge on any atom is 0.243 e. The molecule has 1 saturated heterocycles. The van der Waals surface area contributed by atoms with Gasteiger partial charge in [0.05, 0.1) is 16.5 Å². The molecule has 5 nitrogen and oxygen atoms in total. The number of nitrogens with zero attached hydrogens (tertiary/aromatic N) is 3. The molecule has 1 fully saturated rings. The molecule has 0 saturated carbocycles. The van der Waals surface area contributed by atoms with Gasteiger partial charge in [0.15, 0.2) is 0 Å². The number of hydrogen-bond donors (Lipinski definition) is 0. The predicted molar refractivity (Wildman–Crippen MR) is 88.5 cm³/mol. The Labute approximate surface area is 140 Å². The van der Waals surface area contributed by atoms with E-state index in [1.165, 1.54) is 16.4 Å². The number of benzene rings is 2. The quantitative estimate of drug-likeness (QED) is 0.855. The Morgan fingerprint density at radius 3 is 2.29 bits per heavy atom. The molecule has 0 bridgehead atoms. The van der Waals surface area contributed by atoms with Crippen molar-refractivity contribution in [2.45, 2.75) is 4.90 Å². The Kier molecular flexibility index (Phi) is 4.51. The lowest BCUT2D eigenvalue weighted by atomic mass is 10.2. The Bertz CT molecular complexity index is 867. The molecular weight excluding hydrogens is 329 g/mol. The lowest BCUT2D eigenvalue weighted by Crippen LogP contribution is -2.48.